The Morgan fingerprint density at radius 1 is 1.00 bits per heavy atom. The number of hydrogen-bond donors (Lipinski definition) is 1. The van der Waals surface area contributed by atoms with Crippen LogP contribution >= 0.6 is 0 Å². The molecule has 1 aliphatic heterocycles. The second-order valence-electron chi connectivity index (χ2n) is 6.47. The SMILES string of the molecule is CCC1(CC)CC(=CC(=O)OCOC(C)=O)CC(CC)(CC)N1. The Labute approximate surface area is 139 Å². The number of ether oxygens (including phenoxy) is 2. The van der Waals surface area contributed by atoms with E-state index in [2.05, 4.69) is 37.7 Å². The molecule has 0 saturated carbocycles. The minimum absolute atomic E-state index is 0.0340. The van der Waals surface area contributed by atoms with Crippen LogP contribution in [0.1, 0.15) is 73.1 Å². The van der Waals surface area contributed by atoms with Gasteiger partial charge in [0, 0.05) is 24.1 Å². The predicted octanol–water partition coefficient (Wildman–Crippen LogP) is 3.48. The highest BCUT2D eigenvalue weighted by Gasteiger charge is 2.42. The highest BCUT2D eigenvalue weighted by atomic mass is 16.7. The zero-order valence-electron chi connectivity index (χ0n) is 15.2. The second kappa shape index (κ2) is 8.48. The number of rotatable bonds is 7. The van der Waals surface area contributed by atoms with Crippen molar-refractivity contribution in [3.8, 4) is 0 Å². The van der Waals surface area contributed by atoms with Crippen LogP contribution in [0.3, 0.4) is 0 Å². The third-order valence-corrected chi connectivity index (χ3v) is 5.15. The van der Waals surface area contributed by atoms with Crippen LogP contribution in [-0.2, 0) is 19.1 Å². The van der Waals surface area contributed by atoms with Gasteiger partial charge in [-0.1, -0.05) is 33.3 Å². The van der Waals surface area contributed by atoms with E-state index in [0.29, 0.717) is 0 Å². The van der Waals surface area contributed by atoms with Gasteiger partial charge in [-0.3, -0.25) is 4.79 Å². The van der Waals surface area contributed by atoms with E-state index in [-0.39, 0.29) is 17.9 Å². The molecule has 5 nitrogen and oxygen atoms in total. The maximum Gasteiger partial charge on any atom is 0.333 e. The first-order valence-electron chi connectivity index (χ1n) is 8.63. The van der Waals surface area contributed by atoms with Crippen molar-refractivity contribution in [3.63, 3.8) is 0 Å². The molecule has 0 amide bonds. The summed E-state index contributed by atoms with van der Waals surface area (Å²) in [6.45, 7) is 9.72. The van der Waals surface area contributed by atoms with Gasteiger partial charge in [0.1, 0.15) is 0 Å². The third-order valence-electron chi connectivity index (χ3n) is 5.15. The number of nitrogens with one attached hydrogen (secondary N) is 1. The number of hydrogen-bond acceptors (Lipinski definition) is 5. The molecule has 0 spiro atoms. The number of piperidine rings is 1. The van der Waals surface area contributed by atoms with Gasteiger partial charge in [0.2, 0.25) is 6.79 Å². The number of esters is 2. The topological polar surface area (TPSA) is 64.6 Å². The summed E-state index contributed by atoms with van der Waals surface area (Å²) < 4.78 is 9.59. The fraction of sp³-hybridized carbons (Fsp3) is 0.778. The summed E-state index contributed by atoms with van der Waals surface area (Å²) in [5.74, 6) is -0.898. The molecular weight excluding hydrogens is 294 g/mol. The molecule has 0 radical (unpaired) electrons. The van der Waals surface area contributed by atoms with Crippen LogP contribution in [0.25, 0.3) is 0 Å². The molecule has 0 atom stereocenters. The Morgan fingerprint density at radius 3 is 1.87 bits per heavy atom. The van der Waals surface area contributed by atoms with Crippen molar-refractivity contribution in [2.45, 2.75) is 84.2 Å². The lowest BCUT2D eigenvalue weighted by atomic mass is 9.71. The first kappa shape index (κ1) is 19.7. The van der Waals surface area contributed by atoms with Crippen LogP contribution in [0.2, 0.25) is 0 Å². The molecule has 1 saturated heterocycles. The van der Waals surface area contributed by atoms with E-state index in [0.717, 1.165) is 44.1 Å². The molecule has 0 aromatic carbocycles. The molecule has 0 aliphatic carbocycles. The standard InChI is InChI=1S/C18H31NO4/c1-6-17(7-2)11-15(12-18(8-3,9-4)19-17)10-16(21)23-13-22-14(5)20/h10,19H,6-9,11-13H2,1-5H3. The van der Waals surface area contributed by atoms with Crippen molar-refractivity contribution in [1.29, 1.82) is 0 Å². The van der Waals surface area contributed by atoms with Crippen LogP contribution in [0.5, 0.6) is 0 Å². The Bertz CT molecular complexity index is 426. The maximum atomic E-state index is 12.0. The molecule has 23 heavy (non-hydrogen) atoms. The highest BCUT2D eigenvalue weighted by molar-refractivity contribution is 5.83. The Hall–Kier alpha value is -1.36. The summed E-state index contributed by atoms with van der Waals surface area (Å²) in [4.78, 5) is 22.7. The van der Waals surface area contributed by atoms with E-state index in [9.17, 15) is 9.59 Å². The Balaban J connectivity index is 2.88. The fourth-order valence-electron chi connectivity index (χ4n) is 3.42. The van der Waals surface area contributed by atoms with Gasteiger partial charge >= 0.3 is 11.9 Å². The number of carbonyl (C=O) groups excluding carboxylic acids is 2. The molecule has 0 bridgehead atoms. The second-order valence-corrected chi connectivity index (χ2v) is 6.47. The molecule has 5 heteroatoms. The fourth-order valence-corrected chi connectivity index (χ4v) is 3.42. The van der Waals surface area contributed by atoms with Gasteiger partial charge in [-0.2, -0.15) is 0 Å². The van der Waals surface area contributed by atoms with E-state index in [4.69, 9.17) is 4.74 Å². The average Bonchev–Trinajstić information content (AvgIpc) is 2.53. The van der Waals surface area contributed by atoms with Crippen LogP contribution in [-0.4, -0.2) is 29.8 Å². The zero-order valence-corrected chi connectivity index (χ0v) is 15.2. The largest absolute Gasteiger partial charge is 0.428 e. The van der Waals surface area contributed by atoms with Crippen LogP contribution in [0.15, 0.2) is 11.6 Å². The van der Waals surface area contributed by atoms with Crippen LogP contribution in [0.4, 0.5) is 0 Å². The predicted molar refractivity (Wildman–Crippen MR) is 89.8 cm³/mol. The minimum atomic E-state index is -0.459. The van der Waals surface area contributed by atoms with Crippen molar-refractivity contribution in [2.24, 2.45) is 0 Å². The minimum Gasteiger partial charge on any atom is -0.428 e. The molecule has 0 unspecified atom stereocenters. The molecule has 1 N–H and O–H groups in total. The maximum absolute atomic E-state index is 12.0. The zero-order chi connectivity index (χ0) is 17.5. The van der Waals surface area contributed by atoms with E-state index in [1.807, 2.05) is 0 Å². The lowest BCUT2D eigenvalue weighted by molar-refractivity contribution is -0.162. The summed E-state index contributed by atoms with van der Waals surface area (Å²) in [5, 5.41) is 3.88. The first-order valence-corrected chi connectivity index (χ1v) is 8.63. The lowest BCUT2D eigenvalue weighted by Gasteiger charge is -2.50. The van der Waals surface area contributed by atoms with Crippen LogP contribution < -0.4 is 5.32 Å². The molecule has 1 rings (SSSR count). The Kier molecular flexibility index (Phi) is 7.26. The van der Waals surface area contributed by atoms with Crippen molar-refractivity contribution < 1.29 is 19.1 Å². The third kappa shape index (κ3) is 5.34. The van der Waals surface area contributed by atoms with Gasteiger partial charge in [-0.05, 0) is 38.5 Å². The molecule has 0 aromatic rings. The summed E-state index contributed by atoms with van der Waals surface area (Å²) in [6, 6.07) is 0. The average molecular weight is 325 g/mol. The lowest BCUT2D eigenvalue weighted by Crippen LogP contribution is -2.61. The van der Waals surface area contributed by atoms with Gasteiger partial charge in [-0.15, -0.1) is 0 Å². The van der Waals surface area contributed by atoms with Gasteiger partial charge < -0.3 is 14.8 Å². The van der Waals surface area contributed by atoms with Crippen molar-refractivity contribution >= 4 is 11.9 Å². The quantitative estimate of drug-likeness (QED) is 0.441. The van der Waals surface area contributed by atoms with Gasteiger partial charge in [0.25, 0.3) is 0 Å². The summed E-state index contributed by atoms with van der Waals surface area (Å²) in [5.41, 5.74) is 1.18. The first-order chi connectivity index (χ1) is 10.8. The molecule has 1 aliphatic rings. The van der Waals surface area contributed by atoms with Gasteiger partial charge in [-0.25, -0.2) is 4.79 Å². The van der Waals surface area contributed by atoms with Gasteiger partial charge in [0.05, 0.1) is 0 Å². The molecule has 1 fully saturated rings. The summed E-state index contributed by atoms with van der Waals surface area (Å²) in [7, 11) is 0. The molecule has 1 heterocycles. The smallest absolute Gasteiger partial charge is 0.333 e. The Morgan fingerprint density at radius 2 is 1.48 bits per heavy atom. The number of carbonyl (C=O) groups is 2. The van der Waals surface area contributed by atoms with E-state index < -0.39 is 11.9 Å². The highest BCUT2D eigenvalue weighted by Crippen LogP contribution is 2.39. The van der Waals surface area contributed by atoms with Crippen LogP contribution in [0, 0.1) is 0 Å². The summed E-state index contributed by atoms with van der Waals surface area (Å²) in [6.07, 6.45) is 7.37. The van der Waals surface area contributed by atoms with E-state index >= 15 is 0 Å². The van der Waals surface area contributed by atoms with E-state index in [1.54, 1.807) is 6.08 Å². The molecule has 132 valence electrons. The summed E-state index contributed by atoms with van der Waals surface area (Å²) >= 11 is 0. The van der Waals surface area contributed by atoms with E-state index in [1.165, 1.54) is 6.92 Å². The van der Waals surface area contributed by atoms with Crippen molar-refractivity contribution in [1.82, 2.24) is 5.32 Å². The van der Waals surface area contributed by atoms with Crippen molar-refractivity contribution in [2.75, 3.05) is 6.79 Å². The molecular formula is C18H31NO4. The van der Waals surface area contributed by atoms with Gasteiger partial charge in [0.15, 0.2) is 0 Å². The molecule has 0 aromatic heterocycles. The monoisotopic (exact) mass is 325 g/mol. The van der Waals surface area contributed by atoms with Crippen molar-refractivity contribution in [3.05, 3.63) is 11.6 Å². The normalized spacial score (nSPS) is 19.1.